The molecule has 2 amide bonds. The maximum Gasteiger partial charge on any atom is 0.267 e. The minimum Gasteiger partial charge on any atom is -0.364 e. The number of H-pyrrole nitrogens is 1. The molecule has 3 heterocycles. The second-order valence-electron chi connectivity index (χ2n) is 4.84. The number of carbonyl (C=O) groups excluding carboxylic acids is 2. The Bertz CT molecular complexity index is 876. The summed E-state index contributed by atoms with van der Waals surface area (Å²) in [7, 11) is 1.87. The van der Waals surface area contributed by atoms with Gasteiger partial charge in [0.15, 0.2) is 0 Å². The summed E-state index contributed by atoms with van der Waals surface area (Å²) in [6, 6.07) is 5.11. The highest BCUT2D eigenvalue weighted by molar-refractivity contribution is 6.33. The molecule has 3 aromatic heterocycles. The lowest BCUT2D eigenvalue weighted by atomic mass is 9.97. The summed E-state index contributed by atoms with van der Waals surface area (Å²) in [6.45, 7) is 0. The molecule has 0 aromatic carbocycles. The van der Waals surface area contributed by atoms with Crippen LogP contribution in [0.5, 0.6) is 0 Å². The number of carbonyl (C=O) groups is 2. The number of anilines is 1. The lowest BCUT2D eigenvalue weighted by molar-refractivity contribution is 0.0997. The fraction of sp³-hybridized carbons (Fsp3) is 0. The van der Waals surface area contributed by atoms with E-state index in [1.807, 2.05) is 13.9 Å². The van der Waals surface area contributed by atoms with Crippen LogP contribution in [-0.2, 0) is 0 Å². The molecule has 0 saturated carbocycles. The highest BCUT2D eigenvalue weighted by Crippen LogP contribution is 2.26. The third kappa shape index (κ3) is 2.42. The molecule has 0 aliphatic carbocycles. The number of hydrogen-bond acceptors (Lipinski definition) is 4. The van der Waals surface area contributed by atoms with Gasteiger partial charge in [-0.15, -0.1) is 0 Å². The number of aromatic nitrogens is 3. The van der Waals surface area contributed by atoms with Gasteiger partial charge in [-0.3, -0.25) is 14.6 Å². The third-order valence-corrected chi connectivity index (χ3v) is 3.20. The van der Waals surface area contributed by atoms with Crippen LogP contribution in [0.4, 0.5) is 5.69 Å². The van der Waals surface area contributed by atoms with Crippen LogP contribution < -0.4 is 16.5 Å². The summed E-state index contributed by atoms with van der Waals surface area (Å²) >= 11 is 0. The van der Waals surface area contributed by atoms with E-state index in [2.05, 4.69) is 20.3 Å². The van der Waals surface area contributed by atoms with Crippen molar-refractivity contribution in [3.8, 4) is 0 Å². The molecule has 0 atom stereocenters. The summed E-state index contributed by atoms with van der Waals surface area (Å²) < 4.78 is 0. The van der Waals surface area contributed by atoms with E-state index in [1.165, 1.54) is 6.20 Å². The largest absolute Gasteiger partial charge is 0.364 e. The summed E-state index contributed by atoms with van der Waals surface area (Å²) in [5, 5.41) is 3.34. The van der Waals surface area contributed by atoms with Crippen molar-refractivity contribution >= 4 is 41.8 Å². The van der Waals surface area contributed by atoms with E-state index in [4.69, 9.17) is 5.73 Å². The average Bonchev–Trinajstić information content (AvgIpc) is 2.86. The molecule has 0 spiro atoms. The molecular formula is C14H12BN5O2. The van der Waals surface area contributed by atoms with Crippen LogP contribution in [0.2, 0.25) is 0 Å². The van der Waals surface area contributed by atoms with Crippen molar-refractivity contribution in [3.05, 3.63) is 48.0 Å². The van der Waals surface area contributed by atoms with Gasteiger partial charge < -0.3 is 16.0 Å². The fourth-order valence-corrected chi connectivity index (χ4v) is 2.17. The van der Waals surface area contributed by atoms with Crippen LogP contribution in [0.1, 0.15) is 20.8 Å². The van der Waals surface area contributed by atoms with E-state index in [0.717, 1.165) is 5.46 Å². The molecule has 4 N–H and O–H groups in total. The predicted octanol–water partition coefficient (Wildman–Crippen LogP) is -0.433. The highest BCUT2D eigenvalue weighted by atomic mass is 16.2. The molecule has 0 bridgehead atoms. The summed E-state index contributed by atoms with van der Waals surface area (Å²) in [4.78, 5) is 34.8. The zero-order chi connectivity index (χ0) is 15.7. The first-order chi connectivity index (χ1) is 10.6. The van der Waals surface area contributed by atoms with Crippen molar-refractivity contribution in [1.29, 1.82) is 0 Å². The quantitative estimate of drug-likeness (QED) is 0.568. The van der Waals surface area contributed by atoms with Gasteiger partial charge in [-0.1, -0.05) is 11.5 Å². The molecule has 0 aliphatic rings. The minimum atomic E-state index is -0.669. The first-order valence-corrected chi connectivity index (χ1v) is 6.56. The molecule has 108 valence electrons. The van der Waals surface area contributed by atoms with E-state index in [1.54, 1.807) is 24.5 Å². The molecule has 0 saturated heterocycles. The van der Waals surface area contributed by atoms with Crippen LogP contribution in [0.15, 0.2) is 36.8 Å². The Morgan fingerprint density at radius 3 is 2.82 bits per heavy atom. The van der Waals surface area contributed by atoms with E-state index in [9.17, 15) is 9.59 Å². The second kappa shape index (κ2) is 5.32. The monoisotopic (exact) mass is 293 g/mol. The number of amides is 2. The first-order valence-electron chi connectivity index (χ1n) is 6.56. The van der Waals surface area contributed by atoms with Crippen molar-refractivity contribution in [2.75, 3.05) is 5.32 Å². The Hall–Kier alpha value is -3.16. The van der Waals surface area contributed by atoms with Gasteiger partial charge in [0.05, 0.1) is 11.3 Å². The number of primary amides is 1. The van der Waals surface area contributed by atoms with E-state index >= 15 is 0 Å². The van der Waals surface area contributed by atoms with Crippen molar-refractivity contribution in [2.45, 2.75) is 0 Å². The number of rotatable bonds is 3. The fourth-order valence-electron chi connectivity index (χ4n) is 2.17. The molecule has 3 aromatic rings. The number of nitrogens with zero attached hydrogens (tertiary/aromatic N) is 2. The SMILES string of the molecule is Bc1cnc2[nH]c(C(N)=O)c(NC(=O)c3cccnc3)c2c1. The summed E-state index contributed by atoms with van der Waals surface area (Å²) in [6.07, 6.45) is 4.68. The standard InChI is InChI=1S/C14H12BN5O2/c15-8-4-9-10(11(12(16)21)19-13(9)18-6-8)20-14(22)7-2-1-3-17-5-7/h1-6H,15H2,(H2,16,21)(H,18,19)(H,20,22). The molecule has 0 fully saturated rings. The maximum absolute atomic E-state index is 12.3. The van der Waals surface area contributed by atoms with Crippen molar-refractivity contribution in [2.24, 2.45) is 5.73 Å². The Morgan fingerprint density at radius 1 is 1.32 bits per heavy atom. The zero-order valence-corrected chi connectivity index (χ0v) is 11.8. The van der Waals surface area contributed by atoms with E-state index in [-0.39, 0.29) is 11.6 Å². The van der Waals surface area contributed by atoms with Crippen molar-refractivity contribution in [3.63, 3.8) is 0 Å². The normalized spacial score (nSPS) is 10.5. The van der Waals surface area contributed by atoms with Crippen LogP contribution in [0.3, 0.4) is 0 Å². The van der Waals surface area contributed by atoms with Crippen LogP contribution >= 0.6 is 0 Å². The number of aromatic amines is 1. The Kier molecular flexibility index (Phi) is 3.34. The molecule has 7 nitrogen and oxygen atoms in total. The van der Waals surface area contributed by atoms with Gasteiger partial charge in [-0.25, -0.2) is 4.98 Å². The maximum atomic E-state index is 12.3. The van der Waals surface area contributed by atoms with Gasteiger partial charge in [0.1, 0.15) is 19.2 Å². The van der Waals surface area contributed by atoms with Crippen LogP contribution in [-0.4, -0.2) is 34.6 Å². The molecule has 3 rings (SSSR count). The number of hydrogen-bond donors (Lipinski definition) is 3. The lowest BCUT2D eigenvalue weighted by Crippen LogP contribution is -2.18. The van der Waals surface area contributed by atoms with Gasteiger partial charge in [0.2, 0.25) is 0 Å². The smallest absolute Gasteiger partial charge is 0.267 e. The summed E-state index contributed by atoms with van der Waals surface area (Å²) in [5.74, 6) is -1.05. The molecular weight excluding hydrogens is 281 g/mol. The zero-order valence-electron chi connectivity index (χ0n) is 11.8. The Morgan fingerprint density at radius 2 is 2.14 bits per heavy atom. The average molecular weight is 293 g/mol. The molecule has 8 heteroatoms. The predicted molar refractivity (Wildman–Crippen MR) is 85.0 cm³/mol. The number of fused-ring (bicyclic) bond motifs is 1. The molecule has 22 heavy (non-hydrogen) atoms. The van der Waals surface area contributed by atoms with Crippen molar-refractivity contribution < 1.29 is 9.59 Å². The topological polar surface area (TPSA) is 114 Å². The van der Waals surface area contributed by atoms with Gasteiger partial charge in [-0.2, -0.15) is 0 Å². The van der Waals surface area contributed by atoms with Gasteiger partial charge in [-0.05, 0) is 12.1 Å². The Balaban J connectivity index is 2.09. The van der Waals surface area contributed by atoms with E-state index in [0.29, 0.717) is 22.3 Å². The number of nitrogens with one attached hydrogen (secondary N) is 2. The first kappa shape index (κ1) is 13.8. The third-order valence-electron chi connectivity index (χ3n) is 3.20. The number of nitrogens with two attached hydrogens (primary N) is 1. The second-order valence-corrected chi connectivity index (χ2v) is 4.84. The summed E-state index contributed by atoms with van der Waals surface area (Å²) in [5.41, 5.74) is 7.58. The van der Waals surface area contributed by atoms with E-state index < -0.39 is 5.91 Å². The molecule has 0 unspecified atom stereocenters. The Labute approximate surface area is 126 Å². The highest BCUT2D eigenvalue weighted by Gasteiger charge is 2.19. The lowest BCUT2D eigenvalue weighted by Gasteiger charge is -2.05. The molecule has 0 aliphatic heterocycles. The van der Waals surface area contributed by atoms with Gasteiger partial charge in [0.25, 0.3) is 11.8 Å². The minimum absolute atomic E-state index is 0.116. The van der Waals surface area contributed by atoms with Crippen LogP contribution in [0, 0.1) is 0 Å². The molecule has 0 radical (unpaired) electrons. The number of pyridine rings is 2. The van der Waals surface area contributed by atoms with Gasteiger partial charge in [0, 0.05) is 24.0 Å². The van der Waals surface area contributed by atoms with Crippen LogP contribution in [0.25, 0.3) is 11.0 Å². The van der Waals surface area contributed by atoms with Gasteiger partial charge >= 0.3 is 0 Å². The van der Waals surface area contributed by atoms with Crippen molar-refractivity contribution in [1.82, 2.24) is 15.0 Å².